The summed E-state index contributed by atoms with van der Waals surface area (Å²) in [5.74, 6) is 0.221. The molecular formula is C16H20N2O4. The summed E-state index contributed by atoms with van der Waals surface area (Å²) in [6.07, 6.45) is 4.07. The number of rotatable bonds is 4. The topological polar surface area (TPSA) is 67.9 Å². The van der Waals surface area contributed by atoms with Gasteiger partial charge in [0.15, 0.2) is 0 Å². The number of nitrogens with one attached hydrogen (secondary N) is 1. The quantitative estimate of drug-likeness (QED) is 0.861. The lowest BCUT2D eigenvalue weighted by Gasteiger charge is -2.30. The summed E-state index contributed by atoms with van der Waals surface area (Å²) in [6.45, 7) is 0.118. The van der Waals surface area contributed by atoms with Gasteiger partial charge in [-0.25, -0.2) is 0 Å². The fourth-order valence-corrected chi connectivity index (χ4v) is 2.95. The van der Waals surface area contributed by atoms with E-state index < -0.39 is 0 Å². The Balaban J connectivity index is 1.72. The molecule has 0 aromatic heterocycles. The summed E-state index contributed by atoms with van der Waals surface area (Å²) in [5, 5.41) is 3.04. The first kappa shape index (κ1) is 14.7. The van der Waals surface area contributed by atoms with E-state index in [1.807, 2.05) is 6.07 Å². The second kappa shape index (κ2) is 6.25. The maximum Gasteiger partial charge on any atom is 0.326 e. The highest BCUT2D eigenvalue weighted by atomic mass is 16.5. The Hall–Kier alpha value is -2.24. The Kier molecular flexibility index (Phi) is 4.18. The molecule has 2 aliphatic rings. The fraction of sp³-hybridized carbons (Fsp3) is 0.500. The average molecular weight is 304 g/mol. The highest BCUT2D eigenvalue weighted by molar-refractivity contribution is 6.05. The number of hydrogen-bond acceptors (Lipinski definition) is 5. The van der Waals surface area contributed by atoms with Crippen molar-refractivity contribution < 1.29 is 19.1 Å². The molecule has 1 heterocycles. The maximum absolute atomic E-state index is 12.1. The van der Waals surface area contributed by atoms with Crippen LogP contribution >= 0.6 is 0 Å². The predicted octanol–water partition coefficient (Wildman–Crippen LogP) is 1.94. The summed E-state index contributed by atoms with van der Waals surface area (Å²) >= 11 is 0. The first-order chi connectivity index (χ1) is 10.7. The third kappa shape index (κ3) is 3.00. The van der Waals surface area contributed by atoms with Crippen LogP contribution in [0, 0.1) is 0 Å². The monoisotopic (exact) mass is 304 g/mol. The van der Waals surface area contributed by atoms with Crippen LogP contribution in [0.4, 0.5) is 11.4 Å². The smallest absolute Gasteiger partial charge is 0.326 e. The second-order valence-corrected chi connectivity index (χ2v) is 5.61. The second-order valence-electron chi connectivity index (χ2n) is 5.61. The molecule has 1 fully saturated rings. The van der Waals surface area contributed by atoms with E-state index in [2.05, 4.69) is 5.32 Å². The van der Waals surface area contributed by atoms with Crippen molar-refractivity contribution in [1.82, 2.24) is 0 Å². The van der Waals surface area contributed by atoms with E-state index in [0.29, 0.717) is 11.4 Å². The molecule has 0 unspecified atom stereocenters. The number of fused-ring (bicyclic) bond motifs is 1. The first-order valence-electron chi connectivity index (χ1n) is 7.59. The minimum atomic E-state index is -0.344. The van der Waals surface area contributed by atoms with Crippen LogP contribution in [0.1, 0.15) is 25.7 Å². The minimum Gasteiger partial charge on any atom is -0.497 e. The molecule has 22 heavy (non-hydrogen) atoms. The van der Waals surface area contributed by atoms with Gasteiger partial charge >= 0.3 is 5.97 Å². The van der Waals surface area contributed by atoms with Gasteiger partial charge in [0.2, 0.25) is 5.91 Å². The number of anilines is 2. The zero-order valence-electron chi connectivity index (χ0n) is 12.6. The van der Waals surface area contributed by atoms with E-state index in [-0.39, 0.29) is 31.1 Å². The molecular weight excluding hydrogens is 284 g/mol. The zero-order valence-corrected chi connectivity index (χ0v) is 12.6. The van der Waals surface area contributed by atoms with Crippen molar-refractivity contribution in [2.24, 2.45) is 0 Å². The van der Waals surface area contributed by atoms with Gasteiger partial charge < -0.3 is 14.8 Å². The van der Waals surface area contributed by atoms with Gasteiger partial charge in [-0.05, 0) is 37.8 Å². The Morgan fingerprint density at radius 3 is 2.86 bits per heavy atom. The van der Waals surface area contributed by atoms with E-state index in [1.54, 1.807) is 19.2 Å². The molecule has 1 saturated carbocycles. The number of esters is 1. The number of benzene rings is 1. The average Bonchev–Trinajstić information content (AvgIpc) is 3.02. The summed E-state index contributed by atoms with van der Waals surface area (Å²) in [7, 11) is 1.59. The van der Waals surface area contributed by atoms with Crippen LogP contribution in [-0.4, -0.2) is 38.2 Å². The third-order valence-electron chi connectivity index (χ3n) is 4.11. The van der Waals surface area contributed by atoms with Gasteiger partial charge in [-0.1, -0.05) is 0 Å². The highest BCUT2D eigenvalue weighted by Gasteiger charge is 2.28. The molecule has 0 saturated heterocycles. The van der Waals surface area contributed by atoms with Gasteiger partial charge in [0, 0.05) is 6.07 Å². The van der Waals surface area contributed by atoms with Crippen LogP contribution in [0.25, 0.3) is 0 Å². The van der Waals surface area contributed by atoms with Crippen molar-refractivity contribution in [2.75, 3.05) is 30.4 Å². The Bertz CT molecular complexity index is 582. The normalized spacial score (nSPS) is 17.9. The van der Waals surface area contributed by atoms with E-state index >= 15 is 0 Å². The number of amides is 1. The van der Waals surface area contributed by atoms with E-state index in [0.717, 1.165) is 31.4 Å². The highest BCUT2D eigenvalue weighted by Crippen LogP contribution is 2.33. The number of carbonyl (C=O) groups is 2. The molecule has 118 valence electrons. The molecule has 1 aromatic rings. The molecule has 0 radical (unpaired) electrons. The van der Waals surface area contributed by atoms with Gasteiger partial charge in [-0.2, -0.15) is 0 Å². The van der Waals surface area contributed by atoms with Gasteiger partial charge in [-0.15, -0.1) is 0 Å². The molecule has 1 aromatic carbocycles. The molecule has 3 rings (SSSR count). The SMILES string of the molecule is COc1ccc2c(c1)NCC(=O)N2CC(=O)OC1CCCC1. The summed E-state index contributed by atoms with van der Waals surface area (Å²) < 4.78 is 10.6. The molecule has 6 nitrogen and oxygen atoms in total. The number of methoxy groups -OCH3 is 1. The van der Waals surface area contributed by atoms with Crippen molar-refractivity contribution in [1.29, 1.82) is 0 Å². The zero-order chi connectivity index (χ0) is 15.5. The number of ether oxygens (including phenoxy) is 2. The maximum atomic E-state index is 12.1. The van der Waals surface area contributed by atoms with Crippen molar-refractivity contribution in [3.63, 3.8) is 0 Å². The predicted molar refractivity (Wildman–Crippen MR) is 82.2 cm³/mol. The van der Waals surface area contributed by atoms with Crippen LogP contribution in [-0.2, 0) is 14.3 Å². The van der Waals surface area contributed by atoms with Gasteiger partial charge in [0.1, 0.15) is 18.4 Å². The number of carbonyl (C=O) groups excluding carboxylic acids is 2. The van der Waals surface area contributed by atoms with Gasteiger partial charge in [0.05, 0.1) is 25.0 Å². The lowest BCUT2D eigenvalue weighted by molar-refractivity contribution is -0.147. The standard InChI is InChI=1S/C16H20N2O4/c1-21-12-6-7-14-13(8-12)17-9-15(19)18(14)10-16(20)22-11-4-2-3-5-11/h6-8,11,17H,2-5,9-10H2,1H3. The first-order valence-corrected chi connectivity index (χ1v) is 7.59. The molecule has 1 amide bonds. The van der Waals surface area contributed by atoms with E-state index in [4.69, 9.17) is 9.47 Å². The van der Waals surface area contributed by atoms with Crippen LogP contribution in [0.2, 0.25) is 0 Å². The van der Waals surface area contributed by atoms with Crippen molar-refractivity contribution in [3.05, 3.63) is 18.2 Å². The van der Waals surface area contributed by atoms with Crippen LogP contribution in [0.15, 0.2) is 18.2 Å². The lowest BCUT2D eigenvalue weighted by Crippen LogP contribution is -2.43. The van der Waals surface area contributed by atoms with Gasteiger partial charge in [0.25, 0.3) is 0 Å². The van der Waals surface area contributed by atoms with E-state index in [9.17, 15) is 9.59 Å². The third-order valence-corrected chi connectivity index (χ3v) is 4.11. The van der Waals surface area contributed by atoms with Crippen LogP contribution < -0.4 is 15.0 Å². The van der Waals surface area contributed by atoms with E-state index in [1.165, 1.54) is 4.90 Å². The minimum absolute atomic E-state index is 0.0147. The molecule has 1 N–H and O–H groups in total. The van der Waals surface area contributed by atoms with Crippen molar-refractivity contribution in [2.45, 2.75) is 31.8 Å². The lowest BCUT2D eigenvalue weighted by atomic mass is 10.2. The van der Waals surface area contributed by atoms with Crippen molar-refractivity contribution >= 4 is 23.3 Å². The summed E-state index contributed by atoms with van der Waals surface area (Å²) in [4.78, 5) is 25.7. The largest absolute Gasteiger partial charge is 0.497 e. The fourth-order valence-electron chi connectivity index (χ4n) is 2.95. The molecule has 1 aliphatic carbocycles. The van der Waals surface area contributed by atoms with Crippen LogP contribution in [0.3, 0.4) is 0 Å². The Morgan fingerprint density at radius 1 is 1.36 bits per heavy atom. The van der Waals surface area contributed by atoms with Crippen molar-refractivity contribution in [3.8, 4) is 5.75 Å². The number of nitrogens with zero attached hydrogens (tertiary/aromatic N) is 1. The molecule has 0 bridgehead atoms. The Morgan fingerprint density at radius 2 is 2.14 bits per heavy atom. The molecule has 0 atom stereocenters. The van der Waals surface area contributed by atoms with Gasteiger partial charge in [-0.3, -0.25) is 14.5 Å². The summed E-state index contributed by atoms with van der Waals surface area (Å²) in [5.41, 5.74) is 1.47. The summed E-state index contributed by atoms with van der Waals surface area (Å²) in [6, 6.07) is 5.37. The molecule has 1 aliphatic heterocycles. The van der Waals surface area contributed by atoms with Crippen LogP contribution in [0.5, 0.6) is 5.75 Å². The Labute approximate surface area is 129 Å². The molecule has 0 spiro atoms. The molecule has 6 heteroatoms. The number of hydrogen-bond donors (Lipinski definition) is 1.